The lowest BCUT2D eigenvalue weighted by atomic mass is 10.1. The van der Waals surface area contributed by atoms with Gasteiger partial charge in [0.2, 0.25) is 0 Å². The van der Waals surface area contributed by atoms with Gasteiger partial charge in [0.25, 0.3) is 0 Å². The summed E-state index contributed by atoms with van der Waals surface area (Å²) in [5, 5.41) is 5.31. The van der Waals surface area contributed by atoms with Gasteiger partial charge in [-0.3, -0.25) is 9.71 Å². The van der Waals surface area contributed by atoms with Gasteiger partial charge in [-0.2, -0.15) is 17.9 Å². The molecule has 0 radical (unpaired) electrons. The van der Waals surface area contributed by atoms with E-state index in [9.17, 15) is 18.0 Å². The minimum Gasteiger partial charge on any atom is -0.288 e. The van der Waals surface area contributed by atoms with Crippen LogP contribution in [0.4, 0.5) is 13.2 Å². The average Bonchev–Trinajstić information content (AvgIpc) is 3.42. The Labute approximate surface area is 173 Å². The molecule has 29 heavy (non-hydrogen) atoms. The van der Waals surface area contributed by atoms with Gasteiger partial charge in [-0.25, -0.2) is 4.79 Å². The van der Waals surface area contributed by atoms with Gasteiger partial charge in [0.05, 0.1) is 16.3 Å². The van der Waals surface area contributed by atoms with Crippen molar-refractivity contribution < 1.29 is 13.2 Å². The van der Waals surface area contributed by atoms with Crippen molar-refractivity contribution in [3.63, 3.8) is 0 Å². The lowest BCUT2D eigenvalue weighted by Crippen LogP contribution is -2.16. The number of benzene rings is 2. The van der Waals surface area contributed by atoms with Crippen molar-refractivity contribution in [3.8, 4) is 17.1 Å². The van der Waals surface area contributed by atoms with E-state index in [4.69, 9.17) is 11.6 Å². The summed E-state index contributed by atoms with van der Waals surface area (Å²) in [4.78, 5) is 14.9. The number of halogens is 4. The van der Waals surface area contributed by atoms with Crippen LogP contribution in [0.1, 0.15) is 24.0 Å². The quantitative estimate of drug-likeness (QED) is 0.540. The molecule has 2 aromatic carbocycles. The third-order valence-electron chi connectivity index (χ3n) is 4.39. The van der Waals surface area contributed by atoms with Crippen LogP contribution in [0.15, 0.2) is 47.3 Å². The first kappa shape index (κ1) is 20.1. The predicted molar refractivity (Wildman–Crippen MR) is 107 cm³/mol. The minimum absolute atomic E-state index is 0.222. The standard InChI is InChI=1S/C19H16ClF3N4OS/c20-16-8-1-11(10-24-29-14-6-7-14)9-15(16)17-25-18(28)27(26-17)13-4-2-12(3-5-13)19(21,22)23/h1-5,8-9,14,24H,6-7,10H2,(H,25,26,28). The van der Waals surface area contributed by atoms with Crippen LogP contribution in [0.3, 0.4) is 0 Å². The zero-order chi connectivity index (χ0) is 20.6. The van der Waals surface area contributed by atoms with Gasteiger partial charge in [0, 0.05) is 17.4 Å². The van der Waals surface area contributed by atoms with E-state index in [2.05, 4.69) is 14.8 Å². The summed E-state index contributed by atoms with van der Waals surface area (Å²) < 4.78 is 42.5. The van der Waals surface area contributed by atoms with Crippen LogP contribution < -0.4 is 10.4 Å². The number of rotatable bonds is 6. The first-order valence-electron chi connectivity index (χ1n) is 8.85. The number of aromatic amines is 1. The molecule has 2 N–H and O–H groups in total. The number of hydrogen-bond donors (Lipinski definition) is 2. The van der Waals surface area contributed by atoms with Crippen molar-refractivity contribution in [2.45, 2.75) is 30.8 Å². The van der Waals surface area contributed by atoms with Crippen molar-refractivity contribution >= 4 is 23.5 Å². The van der Waals surface area contributed by atoms with Crippen molar-refractivity contribution in [3.05, 3.63) is 69.1 Å². The van der Waals surface area contributed by atoms with E-state index >= 15 is 0 Å². The maximum atomic E-state index is 12.7. The number of alkyl halides is 3. The molecule has 1 fully saturated rings. The first-order chi connectivity index (χ1) is 13.8. The number of hydrogen-bond acceptors (Lipinski definition) is 4. The predicted octanol–water partition coefficient (Wildman–Crippen LogP) is 4.80. The first-order valence-corrected chi connectivity index (χ1v) is 10.1. The van der Waals surface area contributed by atoms with Crippen LogP contribution >= 0.6 is 23.5 Å². The van der Waals surface area contributed by atoms with Gasteiger partial charge in [0.1, 0.15) is 0 Å². The molecule has 1 aliphatic carbocycles. The third-order valence-corrected chi connectivity index (χ3v) is 5.84. The topological polar surface area (TPSA) is 62.7 Å². The van der Waals surface area contributed by atoms with E-state index in [0.717, 1.165) is 22.4 Å². The molecule has 0 atom stereocenters. The monoisotopic (exact) mass is 440 g/mol. The molecular weight excluding hydrogens is 425 g/mol. The summed E-state index contributed by atoms with van der Waals surface area (Å²) in [5.74, 6) is 0.247. The Bertz CT molecular complexity index is 1070. The molecule has 1 aliphatic rings. The average molecular weight is 441 g/mol. The molecule has 1 aromatic heterocycles. The number of H-pyrrole nitrogens is 1. The van der Waals surface area contributed by atoms with E-state index in [-0.39, 0.29) is 11.5 Å². The van der Waals surface area contributed by atoms with Crippen molar-refractivity contribution in [2.75, 3.05) is 0 Å². The molecule has 1 heterocycles. The maximum absolute atomic E-state index is 12.7. The fourth-order valence-electron chi connectivity index (χ4n) is 2.71. The van der Waals surface area contributed by atoms with E-state index < -0.39 is 17.4 Å². The molecule has 1 saturated carbocycles. The van der Waals surface area contributed by atoms with Gasteiger partial charge in [-0.15, -0.1) is 5.10 Å². The summed E-state index contributed by atoms with van der Waals surface area (Å²) >= 11 is 7.99. The van der Waals surface area contributed by atoms with Gasteiger partial charge < -0.3 is 0 Å². The van der Waals surface area contributed by atoms with Crippen LogP contribution in [0.5, 0.6) is 0 Å². The Balaban J connectivity index is 1.59. The van der Waals surface area contributed by atoms with Crippen LogP contribution in [-0.2, 0) is 12.7 Å². The van der Waals surface area contributed by atoms with Gasteiger partial charge >= 0.3 is 11.9 Å². The second kappa shape index (κ2) is 7.89. The van der Waals surface area contributed by atoms with Crippen LogP contribution in [0.2, 0.25) is 5.02 Å². The molecule has 152 valence electrons. The lowest BCUT2D eigenvalue weighted by Gasteiger charge is -2.07. The molecular formula is C19H16ClF3N4OS. The minimum atomic E-state index is -4.44. The Hall–Kier alpha value is -2.23. The van der Waals surface area contributed by atoms with Crippen molar-refractivity contribution in [2.24, 2.45) is 0 Å². The van der Waals surface area contributed by atoms with Crippen LogP contribution in [-0.4, -0.2) is 20.0 Å². The third kappa shape index (κ3) is 4.68. The van der Waals surface area contributed by atoms with Gasteiger partial charge in [-0.1, -0.05) is 29.6 Å². The highest BCUT2D eigenvalue weighted by Crippen LogP contribution is 2.32. The smallest absolute Gasteiger partial charge is 0.288 e. The normalized spacial score (nSPS) is 14.3. The molecule has 4 rings (SSSR count). The Morgan fingerprint density at radius 2 is 1.93 bits per heavy atom. The summed E-state index contributed by atoms with van der Waals surface area (Å²) in [6.45, 7) is 0.634. The number of nitrogens with one attached hydrogen (secondary N) is 2. The zero-order valence-electron chi connectivity index (χ0n) is 15.0. The molecule has 0 aliphatic heterocycles. The van der Waals surface area contributed by atoms with Crippen LogP contribution in [0, 0.1) is 0 Å². The second-order valence-electron chi connectivity index (χ2n) is 6.69. The Morgan fingerprint density at radius 3 is 2.59 bits per heavy atom. The largest absolute Gasteiger partial charge is 0.416 e. The van der Waals surface area contributed by atoms with E-state index in [1.165, 1.54) is 25.0 Å². The van der Waals surface area contributed by atoms with Crippen LogP contribution in [0.25, 0.3) is 17.1 Å². The zero-order valence-corrected chi connectivity index (χ0v) is 16.5. The van der Waals surface area contributed by atoms with E-state index in [1.54, 1.807) is 18.0 Å². The van der Waals surface area contributed by atoms with Gasteiger partial charge in [0.15, 0.2) is 5.82 Å². The highest BCUT2D eigenvalue weighted by atomic mass is 35.5. The summed E-state index contributed by atoms with van der Waals surface area (Å²) in [6.07, 6.45) is -1.99. The summed E-state index contributed by atoms with van der Waals surface area (Å²) in [5.41, 5.74) is 0.383. The molecule has 3 aromatic rings. The number of aromatic nitrogens is 3. The maximum Gasteiger partial charge on any atom is 0.416 e. The molecule has 0 saturated heterocycles. The number of nitrogens with zero attached hydrogens (tertiary/aromatic N) is 2. The van der Waals surface area contributed by atoms with Gasteiger partial charge in [-0.05, 0) is 54.8 Å². The molecule has 0 amide bonds. The SMILES string of the molecule is O=c1[nH]c(-c2cc(CNSC3CC3)ccc2Cl)nn1-c1ccc(C(F)(F)F)cc1. The molecule has 0 spiro atoms. The molecule has 10 heteroatoms. The second-order valence-corrected chi connectivity index (χ2v) is 8.29. The fourth-order valence-corrected chi connectivity index (χ4v) is 3.77. The molecule has 5 nitrogen and oxygen atoms in total. The summed E-state index contributed by atoms with van der Waals surface area (Å²) in [6, 6.07) is 9.66. The lowest BCUT2D eigenvalue weighted by molar-refractivity contribution is -0.137. The van der Waals surface area contributed by atoms with E-state index in [1.807, 2.05) is 12.1 Å². The molecule has 0 unspecified atom stereocenters. The highest BCUT2D eigenvalue weighted by molar-refractivity contribution is 7.98. The fraction of sp³-hybridized carbons (Fsp3) is 0.263. The molecule has 0 bridgehead atoms. The van der Waals surface area contributed by atoms with E-state index in [0.29, 0.717) is 22.4 Å². The van der Waals surface area contributed by atoms with Crippen molar-refractivity contribution in [1.29, 1.82) is 0 Å². The Kier molecular flexibility index (Phi) is 5.46. The Morgan fingerprint density at radius 1 is 1.21 bits per heavy atom. The summed E-state index contributed by atoms with van der Waals surface area (Å²) in [7, 11) is 0. The van der Waals surface area contributed by atoms with Crippen molar-refractivity contribution in [1.82, 2.24) is 19.5 Å². The highest BCUT2D eigenvalue weighted by Gasteiger charge is 2.30.